The number of hydrogen-bond acceptors (Lipinski definition) is 5. The van der Waals surface area contributed by atoms with Gasteiger partial charge in [-0.05, 0) is 44.5 Å². The molecule has 1 amide bonds. The van der Waals surface area contributed by atoms with Crippen LogP contribution < -0.4 is 0 Å². The molecule has 1 saturated heterocycles. The molecule has 0 atom stereocenters. The van der Waals surface area contributed by atoms with E-state index in [1.807, 2.05) is 46.1 Å². The Bertz CT molecular complexity index is 1200. The minimum absolute atomic E-state index is 0.0485. The van der Waals surface area contributed by atoms with Crippen molar-refractivity contribution in [1.29, 1.82) is 0 Å². The molecule has 9 heteroatoms. The summed E-state index contributed by atoms with van der Waals surface area (Å²) in [5, 5.41) is 2.69. The topological polar surface area (TPSA) is 69.5 Å². The summed E-state index contributed by atoms with van der Waals surface area (Å²) in [6, 6.07) is 5.64. The number of nitrogens with zero attached hydrogens (tertiary/aromatic N) is 5. The van der Waals surface area contributed by atoms with E-state index in [-0.39, 0.29) is 5.91 Å². The lowest BCUT2D eigenvalue weighted by atomic mass is 10.1. The van der Waals surface area contributed by atoms with Gasteiger partial charge in [0, 0.05) is 36.2 Å². The minimum atomic E-state index is 0.0485. The summed E-state index contributed by atoms with van der Waals surface area (Å²) < 4.78 is 2.04. The molecule has 5 rings (SSSR count). The normalized spacial score (nSPS) is 15.0. The number of benzene rings is 1. The highest BCUT2D eigenvalue weighted by Crippen LogP contribution is 2.23. The fourth-order valence-electron chi connectivity index (χ4n) is 4.08. The van der Waals surface area contributed by atoms with Crippen LogP contribution in [0.15, 0.2) is 29.8 Å². The van der Waals surface area contributed by atoms with Gasteiger partial charge in [-0.3, -0.25) is 14.1 Å². The highest BCUT2D eigenvalue weighted by atomic mass is 35.5. The van der Waals surface area contributed by atoms with Crippen molar-refractivity contribution in [3.63, 3.8) is 0 Å². The van der Waals surface area contributed by atoms with E-state index < -0.39 is 0 Å². The Morgan fingerprint density at radius 3 is 2.90 bits per heavy atom. The standard InChI is InChI=1S/C21H23ClN6OS/c1-26(13-18-23-15-6-5-14(22)11-16(15)24-18)12-17-19(25-21-28(17)9-10-30-21)20(29)27-7-3-2-4-8-27/h5-6,9-11H,2-4,7-8,12-13H2,1H3,(H,23,24). The predicted octanol–water partition coefficient (Wildman–Crippen LogP) is 4.18. The van der Waals surface area contributed by atoms with Crippen molar-refractivity contribution in [2.24, 2.45) is 0 Å². The zero-order chi connectivity index (χ0) is 20.7. The number of hydrogen-bond donors (Lipinski definition) is 1. The molecule has 0 aliphatic carbocycles. The van der Waals surface area contributed by atoms with Gasteiger partial charge in [-0.2, -0.15) is 0 Å². The molecule has 3 aromatic heterocycles. The Hall–Kier alpha value is -2.42. The first-order valence-electron chi connectivity index (χ1n) is 10.1. The molecular formula is C21H23ClN6OS. The number of halogens is 1. The maximum absolute atomic E-state index is 13.2. The quantitative estimate of drug-likeness (QED) is 0.503. The van der Waals surface area contributed by atoms with Crippen LogP contribution in [0.3, 0.4) is 0 Å². The first-order valence-corrected chi connectivity index (χ1v) is 11.4. The van der Waals surface area contributed by atoms with Crippen molar-refractivity contribution >= 4 is 44.8 Å². The molecule has 1 aliphatic rings. The van der Waals surface area contributed by atoms with Crippen LogP contribution in [0.25, 0.3) is 16.0 Å². The number of imidazole rings is 2. The molecule has 0 spiro atoms. The van der Waals surface area contributed by atoms with Gasteiger partial charge in [0.05, 0.1) is 23.3 Å². The van der Waals surface area contributed by atoms with Crippen LogP contribution >= 0.6 is 22.9 Å². The molecule has 1 fully saturated rings. The number of carbonyl (C=O) groups is 1. The van der Waals surface area contributed by atoms with Crippen LogP contribution in [0.5, 0.6) is 0 Å². The average molecular weight is 443 g/mol. The Labute approximate surface area is 183 Å². The van der Waals surface area contributed by atoms with Gasteiger partial charge in [-0.15, -0.1) is 11.3 Å². The number of rotatable bonds is 5. The first-order chi connectivity index (χ1) is 14.6. The van der Waals surface area contributed by atoms with Gasteiger partial charge in [0.15, 0.2) is 10.7 Å². The second-order valence-corrected chi connectivity index (χ2v) is 9.14. The van der Waals surface area contributed by atoms with Gasteiger partial charge in [-0.1, -0.05) is 11.6 Å². The molecule has 1 N–H and O–H groups in total. The third-order valence-electron chi connectivity index (χ3n) is 5.54. The van der Waals surface area contributed by atoms with E-state index in [0.29, 0.717) is 23.8 Å². The van der Waals surface area contributed by atoms with Crippen molar-refractivity contribution in [3.8, 4) is 0 Å². The van der Waals surface area contributed by atoms with E-state index in [0.717, 1.165) is 53.4 Å². The largest absolute Gasteiger partial charge is 0.341 e. The number of H-pyrrole nitrogens is 1. The third-order valence-corrected chi connectivity index (χ3v) is 6.53. The van der Waals surface area contributed by atoms with E-state index in [2.05, 4.69) is 19.9 Å². The van der Waals surface area contributed by atoms with Crippen molar-refractivity contribution in [2.45, 2.75) is 32.4 Å². The number of nitrogens with one attached hydrogen (secondary N) is 1. The van der Waals surface area contributed by atoms with Gasteiger partial charge >= 0.3 is 0 Å². The number of fused-ring (bicyclic) bond motifs is 2. The zero-order valence-corrected chi connectivity index (χ0v) is 18.3. The monoisotopic (exact) mass is 442 g/mol. The molecule has 1 aromatic carbocycles. The van der Waals surface area contributed by atoms with Crippen molar-refractivity contribution < 1.29 is 4.79 Å². The summed E-state index contributed by atoms with van der Waals surface area (Å²) >= 11 is 7.63. The highest BCUT2D eigenvalue weighted by Gasteiger charge is 2.26. The summed E-state index contributed by atoms with van der Waals surface area (Å²) in [5.41, 5.74) is 3.33. The molecule has 30 heavy (non-hydrogen) atoms. The number of piperidine rings is 1. The van der Waals surface area contributed by atoms with Crippen LogP contribution in [0.1, 0.15) is 41.3 Å². The second kappa shape index (κ2) is 8.02. The lowest BCUT2D eigenvalue weighted by Crippen LogP contribution is -2.36. The summed E-state index contributed by atoms with van der Waals surface area (Å²) in [4.78, 5) is 30.8. The van der Waals surface area contributed by atoms with Crippen molar-refractivity contribution in [2.75, 3.05) is 20.1 Å². The van der Waals surface area contributed by atoms with Crippen LogP contribution in [0.2, 0.25) is 5.02 Å². The van der Waals surface area contributed by atoms with Crippen molar-refractivity contribution in [3.05, 3.63) is 52.0 Å². The predicted molar refractivity (Wildman–Crippen MR) is 119 cm³/mol. The molecule has 1 aliphatic heterocycles. The van der Waals surface area contributed by atoms with E-state index in [1.54, 1.807) is 11.3 Å². The van der Waals surface area contributed by atoms with Gasteiger partial charge in [0.2, 0.25) is 0 Å². The van der Waals surface area contributed by atoms with Crippen LogP contribution in [-0.2, 0) is 13.1 Å². The first kappa shape index (κ1) is 19.5. The molecule has 0 bridgehead atoms. The summed E-state index contributed by atoms with van der Waals surface area (Å²) in [6.07, 6.45) is 5.32. The SMILES string of the molecule is CN(Cc1nc2ccc(Cl)cc2[nH]1)Cc1c(C(=O)N2CCCCC2)nc2sccn12. The third kappa shape index (κ3) is 3.71. The minimum Gasteiger partial charge on any atom is -0.341 e. The molecule has 0 saturated carbocycles. The fourth-order valence-corrected chi connectivity index (χ4v) is 4.98. The maximum atomic E-state index is 13.2. The average Bonchev–Trinajstić information content (AvgIpc) is 3.43. The Kier molecular flexibility index (Phi) is 5.22. The van der Waals surface area contributed by atoms with Crippen LogP contribution in [-0.4, -0.2) is 55.2 Å². The number of thiazole rings is 1. The molecule has 156 valence electrons. The van der Waals surface area contributed by atoms with Gasteiger partial charge in [0.25, 0.3) is 5.91 Å². The molecule has 4 heterocycles. The van der Waals surface area contributed by atoms with E-state index in [4.69, 9.17) is 11.6 Å². The molecule has 0 radical (unpaired) electrons. The van der Waals surface area contributed by atoms with Crippen LogP contribution in [0, 0.1) is 0 Å². The molecular weight excluding hydrogens is 420 g/mol. The van der Waals surface area contributed by atoms with Crippen LogP contribution in [0.4, 0.5) is 0 Å². The second-order valence-electron chi connectivity index (χ2n) is 7.83. The highest BCUT2D eigenvalue weighted by molar-refractivity contribution is 7.15. The van der Waals surface area contributed by atoms with Crippen molar-refractivity contribution in [1.82, 2.24) is 29.2 Å². The number of carbonyl (C=O) groups excluding carboxylic acids is 1. The zero-order valence-electron chi connectivity index (χ0n) is 16.8. The smallest absolute Gasteiger partial charge is 0.274 e. The summed E-state index contributed by atoms with van der Waals surface area (Å²) in [6.45, 7) is 2.87. The van der Waals surface area contributed by atoms with Gasteiger partial charge in [-0.25, -0.2) is 9.97 Å². The van der Waals surface area contributed by atoms with Gasteiger partial charge in [0.1, 0.15) is 5.82 Å². The van der Waals surface area contributed by atoms with Gasteiger partial charge < -0.3 is 9.88 Å². The lowest BCUT2D eigenvalue weighted by Gasteiger charge is -2.26. The number of amides is 1. The fraction of sp³-hybridized carbons (Fsp3) is 0.381. The summed E-state index contributed by atoms with van der Waals surface area (Å²) in [7, 11) is 2.03. The van der Waals surface area contributed by atoms with E-state index in [1.165, 1.54) is 6.42 Å². The molecule has 0 unspecified atom stereocenters. The lowest BCUT2D eigenvalue weighted by molar-refractivity contribution is 0.0716. The van der Waals surface area contributed by atoms with E-state index >= 15 is 0 Å². The molecule has 7 nitrogen and oxygen atoms in total. The molecule has 4 aromatic rings. The number of aromatic nitrogens is 4. The maximum Gasteiger partial charge on any atom is 0.274 e. The number of likely N-dealkylation sites (tertiary alicyclic amines) is 1. The Morgan fingerprint density at radius 2 is 2.07 bits per heavy atom. The summed E-state index contributed by atoms with van der Waals surface area (Å²) in [5.74, 6) is 0.914. The number of aromatic amines is 1. The Balaban J connectivity index is 1.39. The Morgan fingerprint density at radius 1 is 1.23 bits per heavy atom. The van der Waals surface area contributed by atoms with E-state index in [9.17, 15) is 4.79 Å².